The monoisotopic (exact) mass is 246 g/mol. The third-order valence-corrected chi connectivity index (χ3v) is 2.75. The molecule has 1 aromatic carbocycles. The van der Waals surface area contributed by atoms with E-state index in [1.165, 1.54) is 0 Å². The van der Waals surface area contributed by atoms with Crippen LogP contribution in [0.25, 0.3) is 0 Å². The third-order valence-electron chi connectivity index (χ3n) is 2.75. The van der Waals surface area contributed by atoms with E-state index in [1.807, 2.05) is 23.6 Å². The van der Waals surface area contributed by atoms with Crippen molar-refractivity contribution >= 4 is 5.95 Å². The number of benzene rings is 1. The Balaban J connectivity index is 2.23. The molecule has 0 saturated carbocycles. The van der Waals surface area contributed by atoms with E-state index in [4.69, 9.17) is 0 Å². The zero-order chi connectivity index (χ0) is 13.0. The second kappa shape index (κ2) is 5.53. The minimum absolute atomic E-state index is 0.280. The molecule has 5 heteroatoms. The number of nitrogens with one attached hydrogen (secondary N) is 1. The van der Waals surface area contributed by atoms with Gasteiger partial charge in [0, 0.05) is 19.5 Å². The molecular formula is C13H18N4O. The molecule has 2 N–H and O–H groups in total. The van der Waals surface area contributed by atoms with Crippen molar-refractivity contribution in [2.24, 2.45) is 0 Å². The highest BCUT2D eigenvalue weighted by molar-refractivity contribution is 5.31. The molecule has 0 fully saturated rings. The summed E-state index contributed by atoms with van der Waals surface area (Å²) in [7, 11) is 0. The largest absolute Gasteiger partial charge is 0.508 e. The highest BCUT2D eigenvalue weighted by atomic mass is 16.3. The number of phenolic OH excluding ortho intramolecular Hbond substituents is 1. The fraction of sp³-hybridized carbons (Fsp3) is 0.385. The van der Waals surface area contributed by atoms with Crippen molar-refractivity contribution in [3.05, 3.63) is 35.7 Å². The van der Waals surface area contributed by atoms with Crippen LogP contribution >= 0.6 is 0 Å². The van der Waals surface area contributed by atoms with Crippen molar-refractivity contribution in [1.82, 2.24) is 14.8 Å². The van der Waals surface area contributed by atoms with Gasteiger partial charge in [-0.25, -0.2) is 0 Å². The molecular weight excluding hydrogens is 228 g/mol. The number of phenols is 1. The zero-order valence-corrected chi connectivity index (χ0v) is 10.7. The van der Waals surface area contributed by atoms with Gasteiger partial charge in [0.25, 0.3) is 0 Å². The third kappa shape index (κ3) is 2.61. The molecule has 96 valence electrons. The Kier molecular flexibility index (Phi) is 3.82. The number of anilines is 1. The molecule has 0 spiro atoms. The van der Waals surface area contributed by atoms with Gasteiger partial charge in [-0.2, -0.15) is 0 Å². The summed E-state index contributed by atoms with van der Waals surface area (Å²) in [5.41, 5.74) is 1.03. The molecule has 0 unspecified atom stereocenters. The fourth-order valence-corrected chi connectivity index (χ4v) is 1.94. The Morgan fingerprint density at radius 1 is 1.28 bits per heavy atom. The average Bonchev–Trinajstić information content (AvgIpc) is 2.72. The zero-order valence-electron chi connectivity index (χ0n) is 10.7. The maximum Gasteiger partial charge on any atom is 0.224 e. The van der Waals surface area contributed by atoms with E-state index in [9.17, 15) is 5.11 Å². The molecule has 1 heterocycles. The number of hydrogen-bond acceptors (Lipinski definition) is 4. The molecule has 5 nitrogen and oxygen atoms in total. The van der Waals surface area contributed by atoms with Crippen LogP contribution in [0.3, 0.4) is 0 Å². The maximum atomic E-state index is 9.45. The second-order valence-corrected chi connectivity index (χ2v) is 4.06. The highest BCUT2D eigenvalue weighted by Gasteiger charge is 2.10. The van der Waals surface area contributed by atoms with Crippen LogP contribution in [-0.2, 0) is 13.0 Å². The van der Waals surface area contributed by atoms with Gasteiger partial charge in [-0.1, -0.05) is 12.1 Å². The summed E-state index contributed by atoms with van der Waals surface area (Å²) in [6.45, 7) is 5.74. The van der Waals surface area contributed by atoms with Crippen LogP contribution in [0, 0.1) is 0 Å². The Hall–Kier alpha value is -2.04. The van der Waals surface area contributed by atoms with Crippen molar-refractivity contribution in [1.29, 1.82) is 0 Å². The first-order valence-corrected chi connectivity index (χ1v) is 6.18. The van der Waals surface area contributed by atoms with Gasteiger partial charge in [0.15, 0.2) is 0 Å². The van der Waals surface area contributed by atoms with E-state index in [0.29, 0.717) is 6.42 Å². The van der Waals surface area contributed by atoms with Gasteiger partial charge in [0.2, 0.25) is 5.95 Å². The molecule has 0 saturated heterocycles. The highest BCUT2D eigenvalue weighted by Crippen LogP contribution is 2.16. The van der Waals surface area contributed by atoms with Crippen LogP contribution in [0.2, 0.25) is 0 Å². The Morgan fingerprint density at radius 2 is 2.11 bits per heavy atom. The SMILES string of the molecule is CCNc1nnc(Cc2cccc(O)c2)n1CC. The summed E-state index contributed by atoms with van der Waals surface area (Å²) < 4.78 is 2.05. The number of nitrogens with zero attached hydrogens (tertiary/aromatic N) is 3. The van der Waals surface area contributed by atoms with Crippen LogP contribution in [0.1, 0.15) is 25.2 Å². The van der Waals surface area contributed by atoms with Crippen molar-refractivity contribution < 1.29 is 5.11 Å². The Bertz CT molecular complexity index is 521. The Labute approximate surface area is 106 Å². The normalized spacial score (nSPS) is 10.6. The molecule has 0 bridgehead atoms. The van der Waals surface area contributed by atoms with E-state index >= 15 is 0 Å². The molecule has 0 aliphatic rings. The van der Waals surface area contributed by atoms with Crippen LogP contribution < -0.4 is 5.32 Å². The van der Waals surface area contributed by atoms with Crippen LogP contribution in [-0.4, -0.2) is 26.4 Å². The summed E-state index contributed by atoms with van der Waals surface area (Å²) in [6.07, 6.45) is 0.667. The molecule has 2 aromatic rings. The molecule has 18 heavy (non-hydrogen) atoms. The van der Waals surface area contributed by atoms with Crippen molar-refractivity contribution in [3.8, 4) is 5.75 Å². The average molecular weight is 246 g/mol. The Morgan fingerprint density at radius 3 is 2.78 bits per heavy atom. The van der Waals surface area contributed by atoms with Gasteiger partial charge >= 0.3 is 0 Å². The predicted octanol–water partition coefficient (Wildman–Crippen LogP) is 2.03. The predicted molar refractivity (Wildman–Crippen MR) is 70.8 cm³/mol. The van der Waals surface area contributed by atoms with Crippen LogP contribution in [0.15, 0.2) is 24.3 Å². The van der Waals surface area contributed by atoms with E-state index < -0.39 is 0 Å². The number of rotatable bonds is 5. The molecule has 0 aliphatic heterocycles. The molecule has 0 amide bonds. The van der Waals surface area contributed by atoms with Crippen molar-refractivity contribution in [3.63, 3.8) is 0 Å². The first-order valence-electron chi connectivity index (χ1n) is 6.18. The summed E-state index contributed by atoms with van der Waals surface area (Å²) in [6, 6.07) is 7.23. The number of aromatic nitrogens is 3. The number of aromatic hydroxyl groups is 1. The standard InChI is InChI=1S/C13H18N4O/c1-3-14-13-16-15-12(17(13)4-2)9-10-6-5-7-11(18)8-10/h5-8,18H,3-4,9H2,1-2H3,(H,14,16). The van der Waals surface area contributed by atoms with Crippen molar-refractivity contribution in [2.75, 3.05) is 11.9 Å². The minimum atomic E-state index is 0.280. The van der Waals surface area contributed by atoms with Crippen molar-refractivity contribution in [2.45, 2.75) is 26.8 Å². The van der Waals surface area contributed by atoms with Gasteiger partial charge in [-0.3, -0.25) is 4.57 Å². The summed E-state index contributed by atoms with van der Waals surface area (Å²) in [5.74, 6) is 1.98. The van der Waals surface area contributed by atoms with Gasteiger partial charge < -0.3 is 10.4 Å². The number of hydrogen-bond donors (Lipinski definition) is 2. The minimum Gasteiger partial charge on any atom is -0.508 e. The first-order chi connectivity index (χ1) is 8.74. The smallest absolute Gasteiger partial charge is 0.224 e. The van der Waals surface area contributed by atoms with Gasteiger partial charge in [0.05, 0.1) is 0 Å². The molecule has 1 aromatic heterocycles. The van der Waals surface area contributed by atoms with Gasteiger partial charge in [-0.15, -0.1) is 10.2 Å². The van der Waals surface area contributed by atoms with Crippen LogP contribution in [0.4, 0.5) is 5.95 Å². The van der Waals surface area contributed by atoms with Gasteiger partial charge in [0.1, 0.15) is 11.6 Å². The van der Waals surface area contributed by atoms with E-state index in [2.05, 4.69) is 22.4 Å². The molecule has 0 radical (unpaired) electrons. The molecule has 2 rings (SSSR count). The summed E-state index contributed by atoms with van der Waals surface area (Å²) in [4.78, 5) is 0. The van der Waals surface area contributed by atoms with Crippen LogP contribution in [0.5, 0.6) is 5.75 Å². The molecule has 0 atom stereocenters. The quantitative estimate of drug-likeness (QED) is 0.847. The second-order valence-electron chi connectivity index (χ2n) is 4.06. The lowest BCUT2D eigenvalue weighted by Gasteiger charge is -2.08. The summed E-state index contributed by atoms with van der Waals surface area (Å²) in [5, 5.41) is 21.0. The van der Waals surface area contributed by atoms with E-state index in [1.54, 1.807) is 12.1 Å². The lowest BCUT2D eigenvalue weighted by atomic mass is 10.1. The maximum absolute atomic E-state index is 9.45. The topological polar surface area (TPSA) is 63.0 Å². The first kappa shape index (κ1) is 12.4. The van der Waals surface area contributed by atoms with E-state index in [-0.39, 0.29) is 5.75 Å². The summed E-state index contributed by atoms with van der Waals surface area (Å²) >= 11 is 0. The van der Waals surface area contributed by atoms with E-state index in [0.717, 1.165) is 30.4 Å². The lowest BCUT2D eigenvalue weighted by molar-refractivity contribution is 0.474. The molecule has 0 aliphatic carbocycles. The van der Waals surface area contributed by atoms with Gasteiger partial charge in [-0.05, 0) is 31.5 Å². The lowest BCUT2D eigenvalue weighted by Crippen LogP contribution is -2.08. The fourth-order valence-electron chi connectivity index (χ4n) is 1.94.